The Kier molecular flexibility index (Phi) is 5.80. The van der Waals surface area contributed by atoms with Crippen LogP contribution in [0.1, 0.15) is 51.5 Å². The highest BCUT2D eigenvalue weighted by Gasteiger charge is 2.46. The van der Waals surface area contributed by atoms with Crippen LogP contribution >= 0.6 is 0 Å². The van der Waals surface area contributed by atoms with Crippen molar-refractivity contribution in [3.05, 3.63) is 106 Å². The minimum absolute atomic E-state index is 0.219. The Hall–Kier alpha value is -3.97. The molecule has 7 heteroatoms. The minimum Gasteiger partial charge on any atom is -0.481 e. The first kappa shape index (κ1) is 23.4. The van der Waals surface area contributed by atoms with Crippen LogP contribution in [0.25, 0.3) is 0 Å². The first-order chi connectivity index (χ1) is 17.9. The summed E-state index contributed by atoms with van der Waals surface area (Å²) in [6.07, 6.45) is 2.44. The number of fused-ring (bicyclic) bond motifs is 7. The summed E-state index contributed by atoms with van der Waals surface area (Å²) in [5, 5.41) is 14.7. The van der Waals surface area contributed by atoms with E-state index >= 15 is 0 Å². The number of hydrogen-bond acceptors (Lipinski definition) is 4. The first-order valence-corrected chi connectivity index (χ1v) is 12.7. The quantitative estimate of drug-likeness (QED) is 0.387. The molecule has 0 unspecified atom stereocenters. The van der Waals surface area contributed by atoms with Gasteiger partial charge < -0.3 is 21.5 Å². The molecule has 188 valence electrons. The molecule has 2 saturated heterocycles. The fourth-order valence-electron chi connectivity index (χ4n) is 6.23. The summed E-state index contributed by atoms with van der Waals surface area (Å²) < 4.78 is 0. The second-order valence-corrected chi connectivity index (χ2v) is 10.4. The number of hydrogen-bond donors (Lipinski definition) is 4. The van der Waals surface area contributed by atoms with Crippen molar-refractivity contribution in [3.63, 3.8) is 0 Å². The van der Waals surface area contributed by atoms with E-state index in [0.717, 1.165) is 24.0 Å². The third-order valence-electron chi connectivity index (χ3n) is 8.34. The van der Waals surface area contributed by atoms with Crippen LogP contribution in [0.3, 0.4) is 0 Å². The maximum absolute atomic E-state index is 11.1. The van der Waals surface area contributed by atoms with E-state index in [1.54, 1.807) is 0 Å². The Morgan fingerprint density at radius 1 is 0.676 bits per heavy atom. The van der Waals surface area contributed by atoms with Crippen LogP contribution in [0.5, 0.6) is 0 Å². The predicted molar refractivity (Wildman–Crippen MR) is 137 cm³/mol. The summed E-state index contributed by atoms with van der Waals surface area (Å²) in [7, 11) is 0. The van der Waals surface area contributed by atoms with Crippen molar-refractivity contribution in [2.24, 2.45) is 23.5 Å². The van der Waals surface area contributed by atoms with Gasteiger partial charge in [-0.05, 0) is 52.6 Å². The van der Waals surface area contributed by atoms with Crippen LogP contribution in [0.4, 0.5) is 0 Å². The average Bonchev–Trinajstić information content (AvgIpc) is 3.52. The fraction of sp³-hybridized carbons (Fsp3) is 0.300. The van der Waals surface area contributed by atoms with Crippen molar-refractivity contribution in [1.29, 1.82) is 0 Å². The highest BCUT2D eigenvalue weighted by molar-refractivity contribution is 5.88. The van der Waals surface area contributed by atoms with Gasteiger partial charge in [-0.2, -0.15) is 0 Å². The standard InChI is InChI=1S/C10H11NO2.2C10H9NO/c11-9-7-4-2-1-3-6(7)5-8(9)10(12)13;2*12-10-8-5-6-3-1-2-4-7(6)9(8)11-10/h1-4,8-9H,5,11H2,(H,12,13);2*1-4,8-9H,5H2,(H,11,12)/t3*8-,9+/m110/s1. The molecule has 8 rings (SSSR count). The van der Waals surface area contributed by atoms with Gasteiger partial charge in [-0.1, -0.05) is 72.8 Å². The zero-order chi connectivity index (χ0) is 25.7. The molecule has 3 aliphatic carbocycles. The molecule has 0 spiro atoms. The van der Waals surface area contributed by atoms with Crippen LogP contribution < -0.4 is 16.4 Å². The van der Waals surface area contributed by atoms with E-state index in [-0.39, 0.29) is 29.7 Å². The smallest absolute Gasteiger partial charge is 0.308 e. The zero-order valence-electron chi connectivity index (χ0n) is 20.3. The molecule has 2 heterocycles. The van der Waals surface area contributed by atoms with Gasteiger partial charge in [-0.15, -0.1) is 0 Å². The number of amides is 2. The maximum atomic E-state index is 11.1. The van der Waals surface area contributed by atoms with Crippen LogP contribution in [0, 0.1) is 17.8 Å². The Morgan fingerprint density at radius 2 is 1.08 bits per heavy atom. The summed E-state index contributed by atoms with van der Waals surface area (Å²) in [4.78, 5) is 32.9. The number of nitrogens with one attached hydrogen (secondary N) is 2. The first-order valence-electron chi connectivity index (χ1n) is 12.7. The van der Waals surface area contributed by atoms with Crippen molar-refractivity contribution in [3.8, 4) is 0 Å². The molecule has 0 saturated carbocycles. The topological polar surface area (TPSA) is 122 Å². The van der Waals surface area contributed by atoms with E-state index in [1.807, 2.05) is 48.5 Å². The molecule has 0 bridgehead atoms. The number of carboxylic acid groups (broad SMARTS) is 1. The number of carbonyl (C=O) groups excluding carboxylic acids is 2. The molecule has 3 aromatic rings. The monoisotopic (exact) mass is 495 g/mol. The molecule has 7 nitrogen and oxygen atoms in total. The predicted octanol–water partition coefficient (Wildman–Crippen LogP) is 3.00. The van der Waals surface area contributed by atoms with Crippen LogP contribution in [0.2, 0.25) is 0 Å². The van der Waals surface area contributed by atoms with Gasteiger partial charge in [0, 0.05) is 6.04 Å². The van der Waals surface area contributed by atoms with Crippen LogP contribution in [0.15, 0.2) is 72.8 Å². The maximum Gasteiger partial charge on any atom is 0.308 e. The van der Waals surface area contributed by atoms with Crippen LogP contribution in [-0.2, 0) is 33.6 Å². The fourth-order valence-corrected chi connectivity index (χ4v) is 6.23. The third kappa shape index (κ3) is 4.00. The van der Waals surface area contributed by atoms with Gasteiger partial charge in [0.15, 0.2) is 0 Å². The van der Waals surface area contributed by atoms with Gasteiger partial charge in [-0.25, -0.2) is 0 Å². The molecular formula is C30H29N3O4. The Labute approximate surface area is 215 Å². The molecule has 0 radical (unpaired) electrons. The largest absolute Gasteiger partial charge is 0.481 e. The van der Waals surface area contributed by atoms with Gasteiger partial charge in [0.2, 0.25) is 11.8 Å². The van der Waals surface area contributed by atoms with Crippen molar-refractivity contribution in [2.45, 2.75) is 37.4 Å². The molecule has 2 aliphatic heterocycles. The van der Waals surface area contributed by atoms with E-state index in [0.29, 0.717) is 18.5 Å². The van der Waals surface area contributed by atoms with E-state index in [1.165, 1.54) is 22.3 Å². The van der Waals surface area contributed by atoms with Crippen LogP contribution in [-0.4, -0.2) is 22.9 Å². The number of nitrogens with two attached hydrogens (primary N) is 1. The normalized spacial score (nSPS) is 28.6. The number of aliphatic carboxylic acids is 1. The molecule has 5 aliphatic rings. The molecule has 6 atom stereocenters. The van der Waals surface area contributed by atoms with E-state index < -0.39 is 11.9 Å². The third-order valence-corrected chi connectivity index (χ3v) is 8.34. The van der Waals surface area contributed by atoms with Crippen molar-refractivity contribution >= 4 is 17.8 Å². The number of carbonyl (C=O) groups is 3. The summed E-state index contributed by atoms with van der Waals surface area (Å²) in [6.45, 7) is 0. The number of rotatable bonds is 1. The summed E-state index contributed by atoms with van der Waals surface area (Å²) in [5.41, 5.74) is 13.2. The lowest BCUT2D eigenvalue weighted by Gasteiger charge is -2.31. The number of benzene rings is 3. The molecule has 2 fully saturated rings. The second kappa shape index (κ2) is 9.16. The molecule has 5 N–H and O–H groups in total. The average molecular weight is 496 g/mol. The lowest BCUT2D eigenvalue weighted by Crippen LogP contribution is -2.49. The summed E-state index contributed by atoms with van der Waals surface area (Å²) >= 11 is 0. The SMILES string of the molecule is N[C@H]1c2ccccc2C[C@H]1C(=O)O.O=C1N[C@@H]2c3ccccc3C[C@H]12.O=C1N[C@H]2c3ccccc3C[C@@H]12. The summed E-state index contributed by atoms with van der Waals surface area (Å²) in [6, 6.07) is 24.6. The summed E-state index contributed by atoms with van der Waals surface area (Å²) in [5.74, 6) is -0.335. The minimum atomic E-state index is -0.802. The van der Waals surface area contributed by atoms with E-state index in [9.17, 15) is 14.4 Å². The van der Waals surface area contributed by atoms with E-state index in [2.05, 4.69) is 34.9 Å². The zero-order valence-corrected chi connectivity index (χ0v) is 20.3. The molecule has 3 aromatic carbocycles. The lowest BCUT2D eigenvalue weighted by atomic mass is 9.92. The lowest BCUT2D eigenvalue weighted by molar-refractivity contribution is -0.142. The van der Waals surface area contributed by atoms with Gasteiger partial charge in [0.05, 0.1) is 29.8 Å². The van der Waals surface area contributed by atoms with Crippen molar-refractivity contribution in [1.82, 2.24) is 10.6 Å². The Bertz CT molecular complexity index is 1330. The van der Waals surface area contributed by atoms with Gasteiger partial charge in [0.1, 0.15) is 0 Å². The molecule has 0 aromatic heterocycles. The van der Waals surface area contributed by atoms with Gasteiger partial charge in [-0.3, -0.25) is 14.4 Å². The highest BCUT2D eigenvalue weighted by atomic mass is 16.4. The second-order valence-electron chi connectivity index (χ2n) is 10.4. The van der Waals surface area contributed by atoms with Crippen molar-refractivity contribution in [2.75, 3.05) is 0 Å². The van der Waals surface area contributed by atoms with Crippen molar-refractivity contribution < 1.29 is 19.5 Å². The molecule has 2 amide bonds. The Balaban J connectivity index is 0.000000102. The van der Waals surface area contributed by atoms with Gasteiger partial charge >= 0.3 is 5.97 Å². The van der Waals surface area contributed by atoms with E-state index in [4.69, 9.17) is 10.8 Å². The Morgan fingerprint density at radius 3 is 1.49 bits per heavy atom. The number of β-lactam (4-membered cyclic amide) rings is 2. The number of carboxylic acids is 1. The van der Waals surface area contributed by atoms with Gasteiger partial charge in [0.25, 0.3) is 0 Å². The molecular weight excluding hydrogens is 466 g/mol. The highest BCUT2D eigenvalue weighted by Crippen LogP contribution is 2.42. The molecule has 37 heavy (non-hydrogen) atoms.